The van der Waals surface area contributed by atoms with E-state index >= 15 is 0 Å². The number of aryl methyl sites for hydroxylation is 1. The van der Waals surface area contributed by atoms with Crippen molar-refractivity contribution in [1.29, 1.82) is 0 Å². The highest BCUT2D eigenvalue weighted by Gasteiger charge is 2.09. The second-order valence-electron chi connectivity index (χ2n) is 6.62. The Morgan fingerprint density at radius 1 is 1.03 bits per heavy atom. The molecule has 0 atom stereocenters. The van der Waals surface area contributed by atoms with Crippen molar-refractivity contribution in [3.05, 3.63) is 99.9 Å². The molecule has 150 valence electrons. The highest BCUT2D eigenvalue weighted by atomic mass is 35.5. The first-order chi connectivity index (χ1) is 14.7. The van der Waals surface area contributed by atoms with Gasteiger partial charge in [-0.05, 0) is 36.8 Å². The maximum Gasteiger partial charge on any atom is 0.204 e. The maximum atomic E-state index is 6.05. The monoisotopic (exact) mass is 433 g/mol. The molecule has 0 aliphatic carbocycles. The van der Waals surface area contributed by atoms with Gasteiger partial charge in [-0.3, -0.25) is 5.43 Å². The van der Waals surface area contributed by atoms with E-state index < -0.39 is 0 Å². The molecule has 4 nitrogen and oxygen atoms in total. The minimum atomic E-state index is 0.435. The summed E-state index contributed by atoms with van der Waals surface area (Å²) < 4.78 is 5.97. The molecule has 30 heavy (non-hydrogen) atoms. The molecule has 0 saturated carbocycles. The second kappa shape index (κ2) is 9.57. The number of hydrogen-bond acceptors (Lipinski definition) is 5. The van der Waals surface area contributed by atoms with Crippen LogP contribution in [-0.4, -0.2) is 11.2 Å². The number of benzene rings is 3. The van der Waals surface area contributed by atoms with Crippen LogP contribution in [0.2, 0.25) is 5.02 Å². The van der Waals surface area contributed by atoms with Crippen molar-refractivity contribution in [2.75, 3.05) is 5.43 Å². The number of hydrazone groups is 1. The number of nitrogens with one attached hydrogen (secondary N) is 1. The fraction of sp³-hybridized carbons (Fsp3) is 0.0833. The van der Waals surface area contributed by atoms with Gasteiger partial charge in [0.1, 0.15) is 12.4 Å². The van der Waals surface area contributed by atoms with Crippen LogP contribution < -0.4 is 10.2 Å². The van der Waals surface area contributed by atoms with Crippen molar-refractivity contribution in [1.82, 2.24) is 4.98 Å². The van der Waals surface area contributed by atoms with E-state index in [0.717, 1.165) is 38.1 Å². The van der Waals surface area contributed by atoms with Crippen molar-refractivity contribution in [3.63, 3.8) is 0 Å². The van der Waals surface area contributed by atoms with Crippen LogP contribution in [0.15, 0.2) is 84.0 Å². The number of para-hydroxylation sites is 1. The first-order valence-electron chi connectivity index (χ1n) is 9.47. The van der Waals surface area contributed by atoms with E-state index in [1.165, 1.54) is 0 Å². The zero-order chi connectivity index (χ0) is 20.8. The summed E-state index contributed by atoms with van der Waals surface area (Å²) in [5, 5.41) is 5.81. The SMILES string of the molecule is Cc1sc(N/N=C/c2ccccc2OCc2cccc(Cl)c2)nc1-c1ccccc1. The van der Waals surface area contributed by atoms with Crippen molar-refractivity contribution < 1.29 is 4.74 Å². The summed E-state index contributed by atoms with van der Waals surface area (Å²) in [7, 11) is 0. The zero-order valence-electron chi connectivity index (χ0n) is 16.4. The number of anilines is 1. The normalized spacial score (nSPS) is 11.0. The number of ether oxygens (including phenoxy) is 1. The molecule has 0 fully saturated rings. The largest absolute Gasteiger partial charge is 0.488 e. The molecule has 1 heterocycles. The van der Waals surface area contributed by atoms with Crippen molar-refractivity contribution in [2.45, 2.75) is 13.5 Å². The van der Waals surface area contributed by atoms with E-state index in [0.29, 0.717) is 11.6 Å². The Bertz CT molecular complexity index is 1160. The molecule has 0 unspecified atom stereocenters. The Hall–Kier alpha value is -3.15. The predicted octanol–water partition coefficient (Wildman–Crippen LogP) is 6.80. The quantitative estimate of drug-likeness (QED) is 0.257. The Balaban J connectivity index is 1.44. The summed E-state index contributed by atoms with van der Waals surface area (Å²) in [5.74, 6) is 0.753. The van der Waals surface area contributed by atoms with Gasteiger partial charge >= 0.3 is 0 Å². The lowest BCUT2D eigenvalue weighted by molar-refractivity contribution is 0.306. The van der Waals surface area contributed by atoms with Crippen LogP contribution in [0.25, 0.3) is 11.3 Å². The predicted molar refractivity (Wildman–Crippen MR) is 126 cm³/mol. The molecule has 0 aliphatic heterocycles. The number of aromatic nitrogens is 1. The van der Waals surface area contributed by atoms with Gasteiger partial charge in [0, 0.05) is 21.0 Å². The maximum absolute atomic E-state index is 6.05. The summed E-state index contributed by atoms with van der Waals surface area (Å²) in [6.07, 6.45) is 1.74. The minimum Gasteiger partial charge on any atom is -0.488 e. The summed E-state index contributed by atoms with van der Waals surface area (Å²) in [5.41, 5.74) is 7.00. The van der Waals surface area contributed by atoms with Crippen molar-refractivity contribution in [2.24, 2.45) is 5.10 Å². The minimum absolute atomic E-state index is 0.435. The van der Waals surface area contributed by atoms with Gasteiger partial charge in [0.25, 0.3) is 0 Å². The third-order valence-electron chi connectivity index (χ3n) is 4.41. The first-order valence-corrected chi connectivity index (χ1v) is 10.7. The molecule has 0 saturated heterocycles. The number of halogens is 1. The van der Waals surface area contributed by atoms with E-state index in [1.54, 1.807) is 17.6 Å². The van der Waals surface area contributed by atoms with Crippen LogP contribution in [0.1, 0.15) is 16.0 Å². The molecular formula is C24H20ClN3OS. The van der Waals surface area contributed by atoms with Gasteiger partial charge < -0.3 is 4.74 Å². The molecule has 0 aliphatic rings. The molecule has 1 aromatic heterocycles. The summed E-state index contributed by atoms with van der Waals surface area (Å²) in [6.45, 7) is 2.50. The van der Waals surface area contributed by atoms with Crippen LogP contribution in [0, 0.1) is 6.92 Å². The van der Waals surface area contributed by atoms with E-state index in [1.807, 2.05) is 66.7 Å². The van der Waals surface area contributed by atoms with Crippen LogP contribution in [0.4, 0.5) is 5.13 Å². The average Bonchev–Trinajstić information content (AvgIpc) is 3.14. The first kappa shape index (κ1) is 20.1. The molecule has 4 aromatic rings. The highest BCUT2D eigenvalue weighted by molar-refractivity contribution is 7.15. The molecule has 0 spiro atoms. The van der Waals surface area contributed by atoms with Crippen LogP contribution in [0.3, 0.4) is 0 Å². The van der Waals surface area contributed by atoms with Gasteiger partial charge in [0.05, 0.1) is 11.9 Å². The van der Waals surface area contributed by atoms with E-state index in [-0.39, 0.29) is 0 Å². The molecule has 4 rings (SSSR count). The molecule has 3 aromatic carbocycles. The molecular weight excluding hydrogens is 414 g/mol. The van der Waals surface area contributed by atoms with Crippen LogP contribution >= 0.6 is 22.9 Å². The second-order valence-corrected chi connectivity index (χ2v) is 8.26. The van der Waals surface area contributed by atoms with Gasteiger partial charge in [0.2, 0.25) is 5.13 Å². The van der Waals surface area contributed by atoms with Gasteiger partial charge in [0.15, 0.2) is 0 Å². The molecule has 6 heteroatoms. The average molecular weight is 434 g/mol. The molecule has 0 bridgehead atoms. The zero-order valence-corrected chi connectivity index (χ0v) is 18.0. The number of thiazole rings is 1. The third-order valence-corrected chi connectivity index (χ3v) is 5.52. The summed E-state index contributed by atoms with van der Waals surface area (Å²) in [4.78, 5) is 5.81. The molecule has 1 N–H and O–H groups in total. The smallest absolute Gasteiger partial charge is 0.204 e. The number of nitrogens with zero attached hydrogens (tertiary/aromatic N) is 2. The van der Waals surface area contributed by atoms with Crippen molar-refractivity contribution >= 4 is 34.3 Å². The van der Waals surface area contributed by atoms with Gasteiger partial charge in [-0.15, -0.1) is 11.3 Å². The van der Waals surface area contributed by atoms with E-state index in [9.17, 15) is 0 Å². The molecule has 0 radical (unpaired) electrons. The summed E-state index contributed by atoms with van der Waals surface area (Å²) >= 11 is 7.62. The highest BCUT2D eigenvalue weighted by Crippen LogP contribution is 2.30. The lowest BCUT2D eigenvalue weighted by atomic mass is 10.1. The van der Waals surface area contributed by atoms with Crippen LogP contribution in [0.5, 0.6) is 5.75 Å². The van der Waals surface area contributed by atoms with Crippen LogP contribution in [-0.2, 0) is 6.61 Å². The fourth-order valence-corrected chi connectivity index (χ4v) is 3.97. The van der Waals surface area contributed by atoms with E-state index in [4.69, 9.17) is 16.3 Å². The molecule has 0 amide bonds. The van der Waals surface area contributed by atoms with Crippen molar-refractivity contribution in [3.8, 4) is 17.0 Å². The summed E-state index contributed by atoms with van der Waals surface area (Å²) in [6, 6.07) is 25.6. The Labute approximate surface area is 184 Å². The third kappa shape index (κ3) is 5.06. The lowest BCUT2D eigenvalue weighted by Crippen LogP contribution is -1.99. The lowest BCUT2D eigenvalue weighted by Gasteiger charge is -2.09. The van der Waals surface area contributed by atoms with E-state index in [2.05, 4.69) is 34.6 Å². The standard InChI is InChI=1S/C24H20ClN3OS/c1-17-23(19-9-3-2-4-10-19)27-24(30-17)28-26-15-20-11-5-6-13-22(20)29-16-18-8-7-12-21(25)14-18/h2-15H,16H2,1H3,(H,27,28)/b26-15+. The number of hydrogen-bond donors (Lipinski definition) is 1. The number of rotatable bonds is 7. The van der Waals surface area contributed by atoms with Gasteiger partial charge in [-0.1, -0.05) is 66.2 Å². The fourth-order valence-electron chi connectivity index (χ4n) is 2.97. The van der Waals surface area contributed by atoms with Gasteiger partial charge in [-0.25, -0.2) is 4.98 Å². The topological polar surface area (TPSA) is 46.5 Å². The Kier molecular flexibility index (Phi) is 6.42. The van der Waals surface area contributed by atoms with Gasteiger partial charge in [-0.2, -0.15) is 5.10 Å². The Morgan fingerprint density at radius 2 is 1.83 bits per heavy atom. The Morgan fingerprint density at radius 3 is 2.67 bits per heavy atom.